The van der Waals surface area contributed by atoms with Crippen molar-refractivity contribution in [1.82, 2.24) is 14.5 Å². The maximum absolute atomic E-state index is 10.6. The molecule has 0 bridgehead atoms. The Morgan fingerprint density at radius 3 is 3.06 bits per heavy atom. The largest absolute Gasteiger partial charge is 0.476 e. The molecule has 7 heteroatoms. The second-order valence-corrected chi connectivity index (χ2v) is 4.01. The van der Waals surface area contributed by atoms with Crippen LogP contribution in [0.1, 0.15) is 16.3 Å². The van der Waals surface area contributed by atoms with Crippen LogP contribution in [0.2, 0.25) is 0 Å². The number of imidazole rings is 1. The van der Waals surface area contributed by atoms with Gasteiger partial charge >= 0.3 is 5.97 Å². The van der Waals surface area contributed by atoms with E-state index in [0.717, 1.165) is 5.82 Å². The SMILES string of the molecule is Cn1ccnc1CNc1nc(C(=O)O)cs1. The normalized spacial score (nSPS) is 10.3. The molecule has 0 aliphatic carbocycles. The first kappa shape index (κ1) is 10.6. The zero-order chi connectivity index (χ0) is 11.5. The van der Waals surface area contributed by atoms with E-state index in [1.54, 1.807) is 6.20 Å². The first-order valence-electron chi connectivity index (χ1n) is 4.55. The maximum atomic E-state index is 10.6. The Morgan fingerprint density at radius 2 is 2.50 bits per heavy atom. The zero-order valence-electron chi connectivity index (χ0n) is 8.54. The van der Waals surface area contributed by atoms with Gasteiger partial charge in [-0.05, 0) is 0 Å². The fourth-order valence-electron chi connectivity index (χ4n) is 1.17. The Balaban J connectivity index is 2.00. The number of nitrogens with zero attached hydrogens (tertiary/aromatic N) is 3. The lowest BCUT2D eigenvalue weighted by atomic mass is 10.5. The smallest absolute Gasteiger partial charge is 0.355 e. The first-order valence-corrected chi connectivity index (χ1v) is 5.43. The molecule has 0 amide bonds. The molecule has 2 aromatic rings. The molecule has 0 radical (unpaired) electrons. The van der Waals surface area contributed by atoms with Crippen LogP contribution < -0.4 is 5.32 Å². The lowest BCUT2D eigenvalue weighted by Gasteiger charge is -2.02. The lowest BCUT2D eigenvalue weighted by Crippen LogP contribution is -2.05. The van der Waals surface area contributed by atoms with Crippen LogP contribution in [0.15, 0.2) is 17.8 Å². The molecule has 84 valence electrons. The van der Waals surface area contributed by atoms with Gasteiger partial charge in [0.1, 0.15) is 5.82 Å². The van der Waals surface area contributed by atoms with E-state index < -0.39 is 5.97 Å². The van der Waals surface area contributed by atoms with E-state index in [-0.39, 0.29) is 5.69 Å². The lowest BCUT2D eigenvalue weighted by molar-refractivity contribution is 0.0691. The third kappa shape index (κ3) is 2.19. The van der Waals surface area contributed by atoms with E-state index in [9.17, 15) is 4.79 Å². The Kier molecular flexibility index (Phi) is 2.86. The van der Waals surface area contributed by atoms with E-state index in [4.69, 9.17) is 5.11 Å². The minimum atomic E-state index is -1.01. The van der Waals surface area contributed by atoms with Gasteiger partial charge < -0.3 is 15.0 Å². The summed E-state index contributed by atoms with van der Waals surface area (Å²) >= 11 is 1.27. The molecule has 0 aromatic carbocycles. The number of anilines is 1. The van der Waals surface area contributed by atoms with Crippen molar-refractivity contribution < 1.29 is 9.90 Å². The third-order valence-corrected chi connectivity index (χ3v) is 2.84. The van der Waals surface area contributed by atoms with Gasteiger partial charge in [0.2, 0.25) is 0 Å². The molecule has 0 unspecified atom stereocenters. The molecule has 0 saturated carbocycles. The van der Waals surface area contributed by atoms with Gasteiger partial charge in [0.25, 0.3) is 0 Å². The fourth-order valence-corrected chi connectivity index (χ4v) is 1.86. The number of hydrogen-bond donors (Lipinski definition) is 2. The molecular weight excluding hydrogens is 228 g/mol. The molecule has 0 atom stereocenters. The zero-order valence-corrected chi connectivity index (χ0v) is 9.36. The van der Waals surface area contributed by atoms with Crippen LogP contribution in [-0.2, 0) is 13.6 Å². The molecule has 0 saturated heterocycles. The van der Waals surface area contributed by atoms with Crippen LogP contribution in [0.25, 0.3) is 0 Å². The standard InChI is InChI=1S/C9H10N4O2S/c1-13-3-2-10-7(13)4-11-9-12-6(5-16-9)8(14)15/h2-3,5H,4H2,1H3,(H,11,12)(H,14,15). The highest BCUT2D eigenvalue weighted by Gasteiger charge is 2.08. The summed E-state index contributed by atoms with van der Waals surface area (Å²) in [6.07, 6.45) is 3.56. The van der Waals surface area contributed by atoms with Crippen LogP contribution in [-0.4, -0.2) is 25.6 Å². The Labute approximate surface area is 95.6 Å². The number of carboxylic acid groups (broad SMARTS) is 1. The Bertz CT molecular complexity index is 505. The number of aryl methyl sites for hydroxylation is 1. The number of hydrogen-bond acceptors (Lipinski definition) is 5. The van der Waals surface area contributed by atoms with E-state index in [0.29, 0.717) is 11.7 Å². The van der Waals surface area contributed by atoms with Crippen molar-refractivity contribution in [2.24, 2.45) is 7.05 Å². The highest BCUT2D eigenvalue weighted by Crippen LogP contribution is 2.15. The second-order valence-electron chi connectivity index (χ2n) is 3.15. The van der Waals surface area contributed by atoms with Crippen molar-refractivity contribution in [3.8, 4) is 0 Å². The molecule has 6 nitrogen and oxygen atoms in total. The van der Waals surface area contributed by atoms with E-state index in [1.165, 1.54) is 16.7 Å². The summed E-state index contributed by atoms with van der Waals surface area (Å²) in [7, 11) is 1.90. The predicted molar refractivity (Wildman–Crippen MR) is 59.6 cm³/mol. The molecular formula is C9H10N4O2S. The number of aromatic carboxylic acids is 1. The van der Waals surface area contributed by atoms with Gasteiger partial charge in [0, 0.05) is 24.8 Å². The van der Waals surface area contributed by atoms with Gasteiger partial charge in [-0.2, -0.15) is 0 Å². The van der Waals surface area contributed by atoms with Gasteiger partial charge in [0.15, 0.2) is 10.8 Å². The summed E-state index contributed by atoms with van der Waals surface area (Å²) < 4.78 is 1.89. The quantitative estimate of drug-likeness (QED) is 0.836. The minimum absolute atomic E-state index is 0.0624. The van der Waals surface area contributed by atoms with Crippen molar-refractivity contribution >= 4 is 22.4 Å². The van der Waals surface area contributed by atoms with Crippen LogP contribution in [0.5, 0.6) is 0 Å². The molecule has 0 aliphatic heterocycles. The van der Waals surface area contributed by atoms with Crippen molar-refractivity contribution in [3.05, 3.63) is 29.3 Å². The predicted octanol–water partition coefficient (Wildman–Crippen LogP) is 1.19. The van der Waals surface area contributed by atoms with Crippen molar-refractivity contribution in [1.29, 1.82) is 0 Å². The van der Waals surface area contributed by atoms with E-state index in [1.807, 2.05) is 17.8 Å². The molecule has 0 spiro atoms. The van der Waals surface area contributed by atoms with Crippen LogP contribution in [0, 0.1) is 0 Å². The summed E-state index contributed by atoms with van der Waals surface area (Å²) in [5.74, 6) is -0.145. The van der Waals surface area contributed by atoms with Crippen molar-refractivity contribution in [2.45, 2.75) is 6.54 Å². The highest BCUT2D eigenvalue weighted by molar-refractivity contribution is 7.13. The molecule has 2 N–H and O–H groups in total. The highest BCUT2D eigenvalue weighted by atomic mass is 32.1. The number of carboxylic acids is 1. The van der Waals surface area contributed by atoms with Crippen molar-refractivity contribution in [3.63, 3.8) is 0 Å². The van der Waals surface area contributed by atoms with Crippen LogP contribution in [0.3, 0.4) is 0 Å². The average molecular weight is 238 g/mol. The Morgan fingerprint density at radius 1 is 1.69 bits per heavy atom. The minimum Gasteiger partial charge on any atom is -0.476 e. The summed E-state index contributed by atoms with van der Waals surface area (Å²) in [4.78, 5) is 18.6. The first-order chi connectivity index (χ1) is 7.66. The van der Waals surface area contributed by atoms with Gasteiger partial charge in [-0.25, -0.2) is 14.8 Å². The van der Waals surface area contributed by atoms with Crippen LogP contribution >= 0.6 is 11.3 Å². The Hall–Kier alpha value is -1.89. The fraction of sp³-hybridized carbons (Fsp3) is 0.222. The molecule has 16 heavy (non-hydrogen) atoms. The molecule has 2 aromatic heterocycles. The van der Waals surface area contributed by atoms with Gasteiger partial charge in [0.05, 0.1) is 6.54 Å². The summed E-state index contributed by atoms with van der Waals surface area (Å²) in [5, 5.41) is 13.8. The number of carbonyl (C=O) groups is 1. The number of thiazole rings is 1. The summed E-state index contributed by atoms with van der Waals surface area (Å²) in [6, 6.07) is 0. The molecule has 0 fully saturated rings. The second kappa shape index (κ2) is 4.31. The summed E-state index contributed by atoms with van der Waals surface area (Å²) in [6.45, 7) is 0.524. The number of aromatic nitrogens is 3. The monoisotopic (exact) mass is 238 g/mol. The number of rotatable bonds is 4. The topological polar surface area (TPSA) is 80.0 Å². The number of nitrogens with one attached hydrogen (secondary N) is 1. The molecule has 2 rings (SSSR count). The summed E-state index contributed by atoms with van der Waals surface area (Å²) in [5.41, 5.74) is 0.0624. The van der Waals surface area contributed by atoms with Gasteiger partial charge in [-0.1, -0.05) is 0 Å². The van der Waals surface area contributed by atoms with Gasteiger partial charge in [-0.3, -0.25) is 0 Å². The molecule has 0 aliphatic rings. The van der Waals surface area contributed by atoms with E-state index >= 15 is 0 Å². The third-order valence-electron chi connectivity index (χ3n) is 2.04. The van der Waals surface area contributed by atoms with Crippen molar-refractivity contribution in [2.75, 3.05) is 5.32 Å². The average Bonchev–Trinajstić information content (AvgIpc) is 2.83. The molecule has 2 heterocycles. The van der Waals surface area contributed by atoms with E-state index in [2.05, 4.69) is 15.3 Å². The van der Waals surface area contributed by atoms with Crippen LogP contribution in [0.4, 0.5) is 5.13 Å². The van der Waals surface area contributed by atoms with Gasteiger partial charge in [-0.15, -0.1) is 11.3 Å². The maximum Gasteiger partial charge on any atom is 0.355 e.